The molecule has 2 N–H and O–H groups in total. The molecule has 16 heavy (non-hydrogen) atoms. The Balaban J connectivity index is 2.45. The van der Waals surface area contributed by atoms with Gasteiger partial charge in [-0.1, -0.05) is 23.7 Å². The number of aromatic nitrogens is 3. The van der Waals surface area contributed by atoms with Crippen LogP contribution < -0.4 is 5.73 Å². The van der Waals surface area contributed by atoms with Crippen LogP contribution in [0.1, 0.15) is 19.9 Å². The molecule has 0 atom stereocenters. The third-order valence-corrected chi connectivity index (χ3v) is 2.46. The molecule has 2 rings (SSSR count). The van der Waals surface area contributed by atoms with Crippen molar-refractivity contribution in [3.05, 3.63) is 29.3 Å². The largest absolute Gasteiger partial charge is 0.368 e. The van der Waals surface area contributed by atoms with Crippen LogP contribution in [0.25, 0.3) is 11.4 Å². The van der Waals surface area contributed by atoms with Gasteiger partial charge < -0.3 is 5.73 Å². The topological polar surface area (TPSA) is 56.7 Å². The molecular weight excluding hydrogens is 224 g/mol. The Bertz CT molecular complexity index is 504. The van der Waals surface area contributed by atoms with Gasteiger partial charge >= 0.3 is 0 Å². The highest BCUT2D eigenvalue weighted by Gasteiger charge is 2.11. The van der Waals surface area contributed by atoms with Crippen molar-refractivity contribution < 1.29 is 0 Å². The minimum atomic E-state index is 0.195. The van der Waals surface area contributed by atoms with Crippen molar-refractivity contribution in [2.24, 2.45) is 0 Å². The Hall–Kier alpha value is -1.55. The van der Waals surface area contributed by atoms with Crippen LogP contribution in [0.4, 0.5) is 5.95 Å². The van der Waals surface area contributed by atoms with Crippen LogP contribution >= 0.6 is 11.6 Å². The molecule has 0 bridgehead atoms. The highest BCUT2D eigenvalue weighted by atomic mass is 35.5. The highest BCUT2D eigenvalue weighted by molar-refractivity contribution is 6.30. The van der Waals surface area contributed by atoms with E-state index >= 15 is 0 Å². The van der Waals surface area contributed by atoms with E-state index in [2.05, 4.69) is 10.1 Å². The third kappa shape index (κ3) is 2.02. The quantitative estimate of drug-likeness (QED) is 0.872. The standard InChI is InChI=1S/C11H13ClN4/c1-7(2)16-11(13)14-10(15-16)8-4-3-5-9(12)6-8/h3-7H,1-2H3,(H2,13,14,15). The van der Waals surface area contributed by atoms with E-state index in [1.807, 2.05) is 38.1 Å². The van der Waals surface area contributed by atoms with E-state index in [1.54, 1.807) is 4.68 Å². The fourth-order valence-corrected chi connectivity index (χ4v) is 1.66. The zero-order valence-corrected chi connectivity index (χ0v) is 9.94. The molecule has 0 aliphatic heterocycles. The summed E-state index contributed by atoms with van der Waals surface area (Å²) in [5, 5.41) is 5.01. The molecular formula is C11H13ClN4. The lowest BCUT2D eigenvalue weighted by molar-refractivity contribution is 0.541. The molecule has 1 heterocycles. The van der Waals surface area contributed by atoms with Gasteiger partial charge in [0.1, 0.15) is 0 Å². The molecule has 1 aromatic heterocycles. The Labute approximate surface area is 99.1 Å². The van der Waals surface area contributed by atoms with Gasteiger partial charge in [0.2, 0.25) is 5.95 Å². The molecule has 0 saturated heterocycles. The SMILES string of the molecule is CC(C)n1nc(-c2cccc(Cl)c2)nc1N. The summed E-state index contributed by atoms with van der Waals surface area (Å²) in [5.41, 5.74) is 6.65. The number of nitrogens with two attached hydrogens (primary N) is 1. The zero-order valence-electron chi connectivity index (χ0n) is 9.18. The molecule has 0 unspecified atom stereocenters. The van der Waals surface area contributed by atoms with Gasteiger partial charge in [0.15, 0.2) is 5.82 Å². The Morgan fingerprint density at radius 1 is 1.38 bits per heavy atom. The third-order valence-electron chi connectivity index (χ3n) is 2.23. The summed E-state index contributed by atoms with van der Waals surface area (Å²) in [5.74, 6) is 1.03. The van der Waals surface area contributed by atoms with Crippen molar-refractivity contribution >= 4 is 17.5 Å². The monoisotopic (exact) mass is 236 g/mol. The lowest BCUT2D eigenvalue weighted by atomic mass is 10.2. The Morgan fingerprint density at radius 3 is 2.69 bits per heavy atom. The summed E-state index contributed by atoms with van der Waals surface area (Å²) >= 11 is 5.91. The van der Waals surface area contributed by atoms with E-state index in [0.29, 0.717) is 16.8 Å². The number of hydrogen-bond acceptors (Lipinski definition) is 3. The van der Waals surface area contributed by atoms with Crippen LogP contribution in [0.3, 0.4) is 0 Å². The van der Waals surface area contributed by atoms with Crippen LogP contribution in [0.5, 0.6) is 0 Å². The molecule has 4 nitrogen and oxygen atoms in total. The van der Waals surface area contributed by atoms with Crippen LogP contribution in [0.15, 0.2) is 24.3 Å². The molecule has 0 amide bonds. The van der Waals surface area contributed by atoms with Crippen LogP contribution in [-0.4, -0.2) is 14.8 Å². The summed E-state index contributed by atoms with van der Waals surface area (Å²) in [6.45, 7) is 4.01. The second kappa shape index (κ2) is 4.14. The highest BCUT2D eigenvalue weighted by Crippen LogP contribution is 2.21. The van der Waals surface area contributed by atoms with Crippen molar-refractivity contribution in [3.8, 4) is 11.4 Å². The predicted molar refractivity (Wildman–Crippen MR) is 65.3 cm³/mol. The summed E-state index contributed by atoms with van der Waals surface area (Å²) in [6, 6.07) is 7.60. The molecule has 1 aromatic carbocycles. The first-order valence-corrected chi connectivity index (χ1v) is 5.43. The smallest absolute Gasteiger partial charge is 0.219 e. The minimum Gasteiger partial charge on any atom is -0.368 e. The lowest BCUT2D eigenvalue weighted by Crippen LogP contribution is -2.07. The van der Waals surface area contributed by atoms with Gasteiger partial charge in [0, 0.05) is 10.6 Å². The maximum Gasteiger partial charge on any atom is 0.219 e. The van der Waals surface area contributed by atoms with E-state index in [1.165, 1.54) is 0 Å². The molecule has 0 spiro atoms. The van der Waals surface area contributed by atoms with Gasteiger partial charge in [0.25, 0.3) is 0 Å². The second-order valence-corrected chi connectivity index (χ2v) is 4.28. The van der Waals surface area contributed by atoms with Crippen molar-refractivity contribution in [2.75, 3.05) is 5.73 Å². The normalized spacial score (nSPS) is 11.0. The van der Waals surface area contributed by atoms with E-state index in [0.717, 1.165) is 5.56 Å². The van der Waals surface area contributed by atoms with Crippen LogP contribution in [0.2, 0.25) is 5.02 Å². The van der Waals surface area contributed by atoms with Gasteiger partial charge in [-0.15, -0.1) is 5.10 Å². The molecule has 0 saturated carbocycles. The number of benzene rings is 1. The molecule has 5 heteroatoms. The molecule has 0 aliphatic rings. The Kier molecular flexibility index (Phi) is 2.83. The first-order valence-electron chi connectivity index (χ1n) is 5.06. The minimum absolute atomic E-state index is 0.195. The summed E-state index contributed by atoms with van der Waals surface area (Å²) in [6.07, 6.45) is 0. The van der Waals surface area contributed by atoms with E-state index in [4.69, 9.17) is 17.3 Å². The van der Waals surface area contributed by atoms with Crippen molar-refractivity contribution in [1.82, 2.24) is 14.8 Å². The van der Waals surface area contributed by atoms with Gasteiger partial charge in [-0.25, -0.2) is 4.68 Å². The number of rotatable bonds is 2. The zero-order chi connectivity index (χ0) is 11.7. The number of halogens is 1. The van der Waals surface area contributed by atoms with Crippen molar-refractivity contribution in [3.63, 3.8) is 0 Å². The first-order chi connectivity index (χ1) is 7.58. The van der Waals surface area contributed by atoms with Gasteiger partial charge in [-0.3, -0.25) is 0 Å². The average Bonchev–Trinajstić information content (AvgIpc) is 2.60. The van der Waals surface area contributed by atoms with Crippen molar-refractivity contribution in [2.45, 2.75) is 19.9 Å². The van der Waals surface area contributed by atoms with Gasteiger partial charge in [0.05, 0.1) is 6.04 Å². The number of hydrogen-bond donors (Lipinski definition) is 1. The summed E-state index contributed by atoms with van der Waals surface area (Å²) in [4.78, 5) is 4.21. The fraction of sp³-hybridized carbons (Fsp3) is 0.273. The molecule has 0 fully saturated rings. The molecule has 84 valence electrons. The summed E-state index contributed by atoms with van der Waals surface area (Å²) < 4.78 is 1.69. The Morgan fingerprint density at radius 2 is 2.12 bits per heavy atom. The van der Waals surface area contributed by atoms with E-state index < -0.39 is 0 Å². The van der Waals surface area contributed by atoms with Gasteiger partial charge in [-0.2, -0.15) is 4.98 Å². The van der Waals surface area contributed by atoms with E-state index in [9.17, 15) is 0 Å². The van der Waals surface area contributed by atoms with E-state index in [-0.39, 0.29) is 6.04 Å². The lowest BCUT2D eigenvalue weighted by Gasteiger charge is -2.04. The van der Waals surface area contributed by atoms with Crippen molar-refractivity contribution in [1.29, 1.82) is 0 Å². The fourth-order valence-electron chi connectivity index (χ4n) is 1.47. The second-order valence-electron chi connectivity index (χ2n) is 3.84. The average molecular weight is 237 g/mol. The molecule has 0 radical (unpaired) electrons. The number of anilines is 1. The predicted octanol–water partition coefficient (Wildman–Crippen LogP) is 2.76. The van der Waals surface area contributed by atoms with Crippen LogP contribution in [0, 0.1) is 0 Å². The van der Waals surface area contributed by atoms with Gasteiger partial charge in [-0.05, 0) is 26.0 Å². The maximum atomic E-state index is 5.91. The maximum absolute atomic E-state index is 5.91. The summed E-state index contributed by atoms with van der Waals surface area (Å²) in [7, 11) is 0. The first kappa shape index (κ1) is 11.0. The number of nitrogens with zero attached hydrogens (tertiary/aromatic N) is 3. The molecule has 2 aromatic rings. The molecule has 0 aliphatic carbocycles. The van der Waals surface area contributed by atoms with Crippen LogP contribution in [-0.2, 0) is 0 Å². The number of nitrogen functional groups attached to an aromatic ring is 1.